The zero-order chi connectivity index (χ0) is 11.0. The predicted octanol–water partition coefficient (Wildman–Crippen LogP) is 3.93. The van der Waals surface area contributed by atoms with E-state index in [0.29, 0.717) is 0 Å². The third-order valence-electron chi connectivity index (χ3n) is 1.73. The molecule has 6 heteroatoms. The van der Waals surface area contributed by atoms with Crippen LogP contribution in [0.25, 0.3) is 11.3 Å². The van der Waals surface area contributed by atoms with Crippen LogP contribution in [0, 0.1) is 11.6 Å². The SMILES string of the molecule is Fc1cc(F)cc(-c2noc(Cl)c2Cl)c1. The summed E-state index contributed by atoms with van der Waals surface area (Å²) in [6, 6.07) is 2.92. The Kier molecular flexibility index (Phi) is 2.63. The Bertz CT molecular complexity index is 493. The first-order valence-corrected chi connectivity index (χ1v) is 4.60. The Morgan fingerprint density at radius 2 is 1.67 bits per heavy atom. The van der Waals surface area contributed by atoms with E-state index < -0.39 is 11.6 Å². The third-order valence-corrected chi connectivity index (χ3v) is 2.44. The van der Waals surface area contributed by atoms with E-state index in [2.05, 4.69) is 9.68 Å². The first-order valence-electron chi connectivity index (χ1n) is 3.85. The lowest BCUT2D eigenvalue weighted by molar-refractivity contribution is 0.424. The molecule has 0 aliphatic heterocycles. The van der Waals surface area contributed by atoms with E-state index >= 15 is 0 Å². The van der Waals surface area contributed by atoms with Crippen molar-refractivity contribution in [1.82, 2.24) is 5.16 Å². The second-order valence-corrected chi connectivity index (χ2v) is 3.50. The zero-order valence-corrected chi connectivity index (χ0v) is 8.61. The van der Waals surface area contributed by atoms with Gasteiger partial charge in [0.2, 0.25) is 5.22 Å². The Labute approximate surface area is 93.4 Å². The summed E-state index contributed by atoms with van der Waals surface area (Å²) in [5, 5.41) is 3.41. The van der Waals surface area contributed by atoms with Gasteiger partial charge in [-0.2, -0.15) is 0 Å². The van der Waals surface area contributed by atoms with E-state index in [-0.39, 0.29) is 21.5 Å². The highest BCUT2D eigenvalue weighted by Gasteiger charge is 2.15. The van der Waals surface area contributed by atoms with Crippen molar-refractivity contribution in [1.29, 1.82) is 0 Å². The molecule has 0 bridgehead atoms. The summed E-state index contributed by atoms with van der Waals surface area (Å²) in [5.74, 6) is -1.44. The second kappa shape index (κ2) is 3.79. The van der Waals surface area contributed by atoms with Gasteiger partial charge in [-0.05, 0) is 23.7 Å². The number of rotatable bonds is 1. The van der Waals surface area contributed by atoms with Crippen LogP contribution in [0.2, 0.25) is 10.2 Å². The van der Waals surface area contributed by atoms with Gasteiger partial charge in [-0.1, -0.05) is 16.8 Å². The lowest BCUT2D eigenvalue weighted by Crippen LogP contribution is -1.84. The molecule has 2 rings (SSSR count). The van der Waals surface area contributed by atoms with E-state index in [1.165, 1.54) is 0 Å². The molecular weight excluding hydrogens is 247 g/mol. The summed E-state index contributed by atoms with van der Waals surface area (Å²) in [6.45, 7) is 0. The van der Waals surface area contributed by atoms with E-state index in [0.717, 1.165) is 18.2 Å². The molecule has 0 radical (unpaired) electrons. The molecule has 0 spiro atoms. The molecule has 0 N–H and O–H groups in total. The molecule has 0 saturated carbocycles. The van der Waals surface area contributed by atoms with Gasteiger partial charge >= 0.3 is 0 Å². The van der Waals surface area contributed by atoms with Crippen molar-refractivity contribution in [2.75, 3.05) is 0 Å². The lowest BCUT2D eigenvalue weighted by atomic mass is 10.1. The van der Waals surface area contributed by atoms with E-state index in [1.54, 1.807) is 0 Å². The molecular formula is C9H3Cl2F2NO. The van der Waals surface area contributed by atoms with Gasteiger partial charge in [0, 0.05) is 11.6 Å². The number of hydrogen-bond acceptors (Lipinski definition) is 2. The van der Waals surface area contributed by atoms with Gasteiger partial charge < -0.3 is 4.52 Å². The molecule has 0 amide bonds. The van der Waals surface area contributed by atoms with E-state index in [1.807, 2.05) is 0 Å². The zero-order valence-electron chi connectivity index (χ0n) is 7.10. The van der Waals surface area contributed by atoms with E-state index in [9.17, 15) is 8.78 Å². The summed E-state index contributed by atoms with van der Waals surface area (Å²) in [4.78, 5) is 0. The van der Waals surface area contributed by atoms with Gasteiger partial charge in [0.05, 0.1) is 0 Å². The molecule has 1 aromatic heterocycles. The van der Waals surface area contributed by atoms with Gasteiger partial charge in [-0.3, -0.25) is 0 Å². The van der Waals surface area contributed by atoms with Gasteiger partial charge in [-0.25, -0.2) is 8.78 Å². The molecule has 0 unspecified atom stereocenters. The Balaban J connectivity index is 2.58. The van der Waals surface area contributed by atoms with Crippen molar-refractivity contribution >= 4 is 23.2 Å². The summed E-state index contributed by atoms with van der Waals surface area (Å²) < 4.78 is 30.3. The monoisotopic (exact) mass is 249 g/mol. The smallest absolute Gasteiger partial charge is 0.245 e. The van der Waals surface area contributed by atoms with Crippen LogP contribution in [-0.2, 0) is 0 Å². The van der Waals surface area contributed by atoms with Crippen LogP contribution in [0.4, 0.5) is 8.78 Å². The van der Waals surface area contributed by atoms with Crippen LogP contribution in [-0.4, -0.2) is 5.16 Å². The standard InChI is InChI=1S/C9H3Cl2F2NO/c10-7-8(14-15-9(7)11)4-1-5(12)3-6(13)2-4/h1-3H. The van der Waals surface area contributed by atoms with Crippen LogP contribution in [0.1, 0.15) is 0 Å². The number of halogens is 4. The highest BCUT2D eigenvalue weighted by molar-refractivity contribution is 6.42. The molecule has 2 nitrogen and oxygen atoms in total. The molecule has 0 fully saturated rings. The molecule has 0 saturated heterocycles. The van der Waals surface area contributed by atoms with Crippen LogP contribution in [0.5, 0.6) is 0 Å². The molecule has 2 aromatic rings. The summed E-state index contributed by atoms with van der Waals surface area (Å²) in [5.41, 5.74) is 0.285. The predicted molar refractivity (Wildman–Crippen MR) is 51.9 cm³/mol. The average molecular weight is 250 g/mol. The Morgan fingerprint density at radius 3 is 2.13 bits per heavy atom. The first kappa shape index (κ1) is 10.4. The lowest BCUT2D eigenvalue weighted by Gasteiger charge is -1.97. The van der Waals surface area contributed by atoms with Crippen LogP contribution < -0.4 is 0 Å². The third kappa shape index (κ3) is 1.96. The van der Waals surface area contributed by atoms with Crippen LogP contribution in [0.15, 0.2) is 22.7 Å². The van der Waals surface area contributed by atoms with Gasteiger partial charge in [0.15, 0.2) is 0 Å². The fourth-order valence-corrected chi connectivity index (χ4v) is 1.43. The minimum Gasteiger partial charge on any atom is -0.342 e. The Morgan fingerprint density at radius 1 is 1.07 bits per heavy atom. The molecule has 1 heterocycles. The molecule has 0 aliphatic rings. The number of nitrogens with zero attached hydrogens (tertiary/aromatic N) is 1. The normalized spacial score (nSPS) is 10.7. The molecule has 15 heavy (non-hydrogen) atoms. The highest BCUT2D eigenvalue weighted by Crippen LogP contribution is 2.33. The quantitative estimate of drug-likeness (QED) is 0.766. The largest absolute Gasteiger partial charge is 0.342 e. The maximum Gasteiger partial charge on any atom is 0.245 e. The topological polar surface area (TPSA) is 26.0 Å². The summed E-state index contributed by atoms with van der Waals surface area (Å²) >= 11 is 11.2. The maximum absolute atomic E-state index is 12.9. The van der Waals surface area contributed by atoms with Crippen molar-refractivity contribution in [3.63, 3.8) is 0 Å². The minimum absolute atomic E-state index is 0.0293. The number of benzene rings is 1. The fraction of sp³-hybridized carbons (Fsp3) is 0. The van der Waals surface area contributed by atoms with Gasteiger partial charge in [-0.15, -0.1) is 0 Å². The molecule has 0 aliphatic carbocycles. The van der Waals surface area contributed by atoms with Crippen LogP contribution >= 0.6 is 23.2 Å². The van der Waals surface area contributed by atoms with Crippen molar-refractivity contribution in [3.8, 4) is 11.3 Å². The Hall–Kier alpha value is -1.13. The second-order valence-electron chi connectivity index (χ2n) is 2.78. The van der Waals surface area contributed by atoms with Crippen LogP contribution in [0.3, 0.4) is 0 Å². The molecule has 0 atom stereocenters. The van der Waals surface area contributed by atoms with Crippen molar-refractivity contribution in [2.45, 2.75) is 0 Å². The van der Waals surface area contributed by atoms with Crippen molar-refractivity contribution in [3.05, 3.63) is 40.1 Å². The summed E-state index contributed by atoms with van der Waals surface area (Å²) in [6.07, 6.45) is 0. The summed E-state index contributed by atoms with van der Waals surface area (Å²) in [7, 11) is 0. The number of aromatic nitrogens is 1. The van der Waals surface area contributed by atoms with Crippen molar-refractivity contribution in [2.24, 2.45) is 0 Å². The van der Waals surface area contributed by atoms with Gasteiger partial charge in [0.1, 0.15) is 22.4 Å². The highest BCUT2D eigenvalue weighted by atomic mass is 35.5. The maximum atomic E-state index is 12.9. The van der Waals surface area contributed by atoms with Crippen molar-refractivity contribution < 1.29 is 13.3 Å². The molecule has 1 aromatic carbocycles. The van der Waals surface area contributed by atoms with Gasteiger partial charge in [0.25, 0.3) is 0 Å². The fourth-order valence-electron chi connectivity index (χ4n) is 1.13. The number of hydrogen-bond donors (Lipinski definition) is 0. The minimum atomic E-state index is -0.722. The molecule has 78 valence electrons. The average Bonchev–Trinajstić information content (AvgIpc) is 2.46. The first-order chi connectivity index (χ1) is 7.08. The van der Waals surface area contributed by atoms with E-state index in [4.69, 9.17) is 23.2 Å².